The first kappa shape index (κ1) is 18.0. The van der Waals surface area contributed by atoms with E-state index in [0.29, 0.717) is 5.75 Å². The summed E-state index contributed by atoms with van der Waals surface area (Å²) in [6.45, 7) is 6.73. The van der Waals surface area contributed by atoms with Crippen LogP contribution in [0.2, 0.25) is 0 Å². The van der Waals surface area contributed by atoms with Crippen molar-refractivity contribution in [2.24, 2.45) is 4.99 Å². The molecular formula is C20H26N2O2. The Morgan fingerprint density at radius 2 is 1.92 bits per heavy atom. The third-order valence-electron chi connectivity index (χ3n) is 4.27. The van der Waals surface area contributed by atoms with Crippen molar-refractivity contribution in [1.82, 2.24) is 4.90 Å². The molecule has 0 aromatic heterocycles. The van der Waals surface area contributed by atoms with E-state index < -0.39 is 5.60 Å². The van der Waals surface area contributed by atoms with Gasteiger partial charge in [0.15, 0.2) is 0 Å². The SMILES string of the molecule is CCN(C)/C=N/c1cc(OC)c(C(C)(O)c2ccccc2)cc1C. The van der Waals surface area contributed by atoms with Crippen LogP contribution in [0.4, 0.5) is 5.69 Å². The average Bonchev–Trinajstić information content (AvgIpc) is 2.60. The van der Waals surface area contributed by atoms with E-state index in [1.807, 2.05) is 61.3 Å². The largest absolute Gasteiger partial charge is 0.496 e. The first-order valence-corrected chi connectivity index (χ1v) is 8.11. The highest BCUT2D eigenvalue weighted by Crippen LogP contribution is 2.39. The van der Waals surface area contributed by atoms with E-state index in [0.717, 1.165) is 28.9 Å². The normalized spacial score (nSPS) is 13.8. The molecular weight excluding hydrogens is 300 g/mol. The molecule has 0 radical (unpaired) electrons. The van der Waals surface area contributed by atoms with Crippen molar-refractivity contribution >= 4 is 12.0 Å². The summed E-state index contributed by atoms with van der Waals surface area (Å²) in [4.78, 5) is 6.52. The zero-order valence-corrected chi connectivity index (χ0v) is 15.1. The van der Waals surface area contributed by atoms with Crippen molar-refractivity contribution in [3.63, 3.8) is 0 Å². The molecule has 128 valence electrons. The second-order valence-corrected chi connectivity index (χ2v) is 6.10. The molecule has 0 saturated carbocycles. The quantitative estimate of drug-likeness (QED) is 0.647. The lowest BCUT2D eigenvalue weighted by molar-refractivity contribution is 0.0989. The van der Waals surface area contributed by atoms with Gasteiger partial charge in [-0.25, -0.2) is 4.99 Å². The summed E-state index contributed by atoms with van der Waals surface area (Å²) >= 11 is 0. The Balaban J connectivity index is 2.49. The lowest BCUT2D eigenvalue weighted by atomic mass is 9.86. The van der Waals surface area contributed by atoms with Crippen LogP contribution in [0.25, 0.3) is 0 Å². The van der Waals surface area contributed by atoms with E-state index in [9.17, 15) is 5.11 Å². The summed E-state index contributed by atoms with van der Waals surface area (Å²) < 4.78 is 5.53. The fraction of sp³-hybridized carbons (Fsp3) is 0.350. The number of aliphatic imine (C=N–C) groups is 1. The summed E-state index contributed by atoms with van der Waals surface area (Å²) in [6.07, 6.45) is 1.80. The molecule has 0 aliphatic rings. The zero-order chi connectivity index (χ0) is 17.7. The molecule has 1 unspecified atom stereocenters. The number of hydrogen-bond donors (Lipinski definition) is 1. The van der Waals surface area contributed by atoms with Crippen molar-refractivity contribution < 1.29 is 9.84 Å². The maximum atomic E-state index is 11.1. The molecule has 0 aliphatic carbocycles. The van der Waals surface area contributed by atoms with Gasteiger partial charge < -0.3 is 14.7 Å². The third kappa shape index (κ3) is 3.77. The van der Waals surface area contributed by atoms with Crippen LogP contribution in [-0.4, -0.2) is 37.0 Å². The van der Waals surface area contributed by atoms with Gasteiger partial charge in [0, 0.05) is 25.2 Å². The maximum absolute atomic E-state index is 11.1. The number of aryl methyl sites for hydroxylation is 1. The van der Waals surface area contributed by atoms with Crippen molar-refractivity contribution in [3.05, 3.63) is 59.2 Å². The summed E-state index contributed by atoms with van der Waals surface area (Å²) in [5, 5.41) is 11.1. The summed E-state index contributed by atoms with van der Waals surface area (Å²) in [6, 6.07) is 13.4. The number of benzene rings is 2. The minimum absolute atomic E-state index is 0.626. The number of methoxy groups -OCH3 is 1. The Morgan fingerprint density at radius 1 is 1.25 bits per heavy atom. The van der Waals surface area contributed by atoms with Crippen LogP contribution in [0.3, 0.4) is 0 Å². The smallest absolute Gasteiger partial charge is 0.127 e. The van der Waals surface area contributed by atoms with Crippen LogP contribution in [0.5, 0.6) is 5.75 Å². The minimum atomic E-state index is -1.14. The minimum Gasteiger partial charge on any atom is -0.496 e. The molecule has 0 heterocycles. The van der Waals surface area contributed by atoms with Gasteiger partial charge in [-0.3, -0.25) is 0 Å². The van der Waals surface area contributed by atoms with Gasteiger partial charge in [0.25, 0.3) is 0 Å². The zero-order valence-electron chi connectivity index (χ0n) is 15.1. The predicted molar refractivity (Wildman–Crippen MR) is 99.3 cm³/mol. The van der Waals surface area contributed by atoms with Crippen LogP contribution in [-0.2, 0) is 5.60 Å². The van der Waals surface area contributed by atoms with Crippen LogP contribution in [0, 0.1) is 6.92 Å². The van der Waals surface area contributed by atoms with E-state index in [2.05, 4.69) is 11.9 Å². The molecule has 0 bridgehead atoms. The van der Waals surface area contributed by atoms with Crippen molar-refractivity contribution in [2.45, 2.75) is 26.4 Å². The Kier molecular flexibility index (Phi) is 5.62. The van der Waals surface area contributed by atoms with Gasteiger partial charge in [-0.1, -0.05) is 30.3 Å². The number of rotatable bonds is 6. The maximum Gasteiger partial charge on any atom is 0.127 e. The van der Waals surface area contributed by atoms with E-state index in [1.165, 1.54) is 0 Å². The summed E-state index contributed by atoms with van der Waals surface area (Å²) in [5.74, 6) is 0.626. The molecule has 0 saturated heterocycles. The molecule has 0 aliphatic heterocycles. The molecule has 1 N–H and O–H groups in total. The fourth-order valence-electron chi connectivity index (χ4n) is 2.53. The van der Waals surface area contributed by atoms with E-state index in [-0.39, 0.29) is 0 Å². The fourth-order valence-corrected chi connectivity index (χ4v) is 2.53. The average molecular weight is 326 g/mol. The lowest BCUT2D eigenvalue weighted by Gasteiger charge is -2.27. The predicted octanol–water partition coefficient (Wildman–Crippen LogP) is 3.87. The monoisotopic (exact) mass is 326 g/mol. The van der Waals surface area contributed by atoms with Gasteiger partial charge in [0.2, 0.25) is 0 Å². The second-order valence-electron chi connectivity index (χ2n) is 6.10. The van der Waals surface area contributed by atoms with Crippen LogP contribution < -0.4 is 4.74 Å². The van der Waals surface area contributed by atoms with E-state index in [4.69, 9.17) is 4.74 Å². The molecule has 2 rings (SSSR count). The molecule has 0 amide bonds. The molecule has 0 fully saturated rings. The van der Waals surface area contributed by atoms with Gasteiger partial charge in [-0.15, -0.1) is 0 Å². The van der Waals surface area contributed by atoms with Gasteiger partial charge in [-0.2, -0.15) is 0 Å². The number of nitrogens with zero attached hydrogens (tertiary/aromatic N) is 2. The van der Waals surface area contributed by atoms with Crippen molar-refractivity contribution in [3.8, 4) is 5.75 Å². The third-order valence-corrected chi connectivity index (χ3v) is 4.27. The Bertz CT molecular complexity index is 709. The molecule has 24 heavy (non-hydrogen) atoms. The highest BCUT2D eigenvalue weighted by atomic mass is 16.5. The molecule has 2 aromatic carbocycles. The molecule has 4 heteroatoms. The molecule has 1 atom stereocenters. The number of aliphatic hydroxyl groups is 1. The Morgan fingerprint density at radius 3 is 2.50 bits per heavy atom. The highest BCUT2D eigenvalue weighted by Gasteiger charge is 2.29. The van der Waals surface area contributed by atoms with Gasteiger partial charge in [-0.05, 0) is 38.0 Å². The first-order valence-electron chi connectivity index (χ1n) is 8.11. The Labute approximate surface area is 144 Å². The van der Waals surface area contributed by atoms with E-state index >= 15 is 0 Å². The summed E-state index contributed by atoms with van der Waals surface area (Å²) in [7, 11) is 3.59. The van der Waals surface area contributed by atoms with Crippen LogP contribution in [0.1, 0.15) is 30.5 Å². The van der Waals surface area contributed by atoms with E-state index in [1.54, 1.807) is 20.4 Å². The topological polar surface area (TPSA) is 45.1 Å². The standard InChI is InChI=1S/C20H26N2O2/c1-6-22(4)14-21-18-13-19(24-5)17(12-15(18)2)20(3,23)16-10-8-7-9-11-16/h7-14,23H,6H2,1-5H3/b21-14+. The second kappa shape index (κ2) is 7.49. The first-order chi connectivity index (χ1) is 11.4. The van der Waals surface area contributed by atoms with Crippen LogP contribution in [0.15, 0.2) is 47.5 Å². The molecule has 4 nitrogen and oxygen atoms in total. The van der Waals surface area contributed by atoms with Crippen LogP contribution >= 0.6 is 0 Å². The summed E-state index contributed by atoms with van der Waals surface area (Å²) in [5.41, 5.74) is 2.24. The number of hydrogen-bond acceptors (Lipinski definition) is 3. The molecule has 2 aromatic rings. The Hall–Kier alpha value is -2.33. The van der Waals surface area contributed by atoms with Gasteiger partial charge in [0.1, 0.15) is 11.4 Å². The lowest BCUT2D eigenvalue weighted by Crippen LogP contribution is -2.23. The highest BCUT2D eigenvalue weighted by molar-refractivity contribution is 5.65. The number of ether oxygens (including phenoxy) is 1. The molecule has 0 spiro atoms. The van der Waals surface area contributed by atoms with Gasteiger partial charge >= 0.3 is 0 Å². The van der Waals surface area contributed by atoms with Crippen molar-refractivity contribution in [1.29, 1.82) is 0 Å². The van der Waals surface area contributed by atoms with Gasteiger partial charge in [0.05, 0.1) is 19.1 Å². The van der Waals surface area contributed by atoms with Crippen molar-refractivity contribution in [2.75, 3.05) is 20.7 Å².